The van der Waals surface area contributed by atoms with Crippen molar-refractivity contribution in [3.63, 3.8) is 0 Å². The fourth-order valence-corrected chi connectivity index (χ4v) is 1.02. The first kappa shape index (κ1) is 12.3. The Morgan fingerprint density at radius 1 is 1.46 bits per heavy atom. The molecule has 0 spiro atoms. The minimum Gasteiger partial charge on any atom is -0.466 e. The Morgan fingerprint density at radius 3 is 2.46 bits per heavy atom. The number of rotatable bonds is 2. The molecule has 0 aliphatic rings. The largest absolute Gasteiger partial charge is 0.466 e. The molecule has 4 nitrogen and oxygen atoms in total. The van der Waals surface area contributed by atoms with Gasteiger partial charge in [-0.25, -0.2) is 4.99 Å². The van der Waals surface area contributed by atoms with Crippen LogP contribution in [0.25, 0.3) is 0 Å². The van der Waals surface area contributed by atoms with Crippen LogP contribution < -0.4 is 11.5 Å². The van der Waals surface area contributed by atoms with E-state index in [-0.39, 0.29) is 29.9 Å². The number of nitrogens with zero attached hydrogens (tertiary/aromatic N) is 1. The Labute approximate surface area is 94.4 Å². The molecule has 0 aliphatic heterocycles. The van der Waals surface area contributed by atoms with Gasteiger partial charge in [0.05, 0.1) is 6.54 Å². The molecule has 74 valence electrons. The highest BCUT2D eigenvalue weighted by Gasteiger charge is 2.02. The van der Waals surface area contributed by atoms with Crippen molar-refractivity contribution in [1.29, 1.82) is 0 Å². The van der Waals surface area contributed by atoms with Gasteiger partial charge in [0.1, 0.15) is 11.5 Å². The van der Waals surface area contributed by atoms with E-state index in [1.807, 2.05) is 19.9 Å². The second kappa shape index (κ2) is 5.11. The number of halogens is 1. The van der Waals surface area contributed by atoms with E-state index in [2.05, 4.69) is 4.99 Å². The third kappa shape index (κ3) is 3.67. The second-order valence-corrected chi connectivity index (χ2v) is 2.68. The summed E-state index contributed by atoms with van der Waals surface area (Å²) in [5, 5.41) is 0. The highest BCUT2D eigenvalue weighted by Crippen LogP contribution is 2.14. The Kier molecular flexibility index (Phi) is 4.82. The summed E-state index contributed by atoms with van der Waals surface area (Å²) in [4.78, 5) is 3.88. The zero-order chi connectivity index (χ0) is 9.14. The van der Waals surface area contributed by atoms with E-state index in [0.29, 0.717) is 6.54 Å². The zero-order valence-corrected chi connectivity index (χ0v) is 10.0. The summed E-state index contributed by atoms with van der Waals surface area (Å²) in [5.41, 5.74) is 11.4. The van der Waals surface area contributed by atoms with Crippen LogP contribution in [0.4, 0.5) is 0 Å². The molecule has 0 saturated carbocycles. The van der Waals surface area contributed by atoms with Gasteiger partial charge in [0, 0.05) is 5.56 Å². The van der Waals surface area contributed by atoms with Gasteiger partial charge >= 0.3 is 0 Å². The molecule has 0 radical (unpaired) electrons. The van der Waals surface area contributed by atoms with Gasteiger partial charge in [-0.1, -0.05) is 0 Å². The molecule has 4 N–H and O–H groups in total. The molecule has 1 aromatic heterocycles. The number of hydrogen-bond acceptors (Lipinski definition) is 2. The molecular weight excluding hydrogens is 281 g/mol. The lowest BCUT2D eigenvalue weighted by Crippen LogP contribution is -2.22. The summed E-state index contributed by atoms with van der Waals surface area (Å²) in [7, 11) is 0. The highest BCUT2D eigenvalue weighted by atomic mass is 127. The predicted molar refractivity (Wildman–Crippen MR) is 63.1 cm³/mol. The second-order valence-electron chi connectivity index (χ2n) is 2.68. The fourth-order valence-electron chi connectivity index (χ4n) is 1.02. The molecule has 13 heavy (non-hydrogen) atoms. The average molecular weight is 295 g/mol. The predicted octanol–water partition coefficient (Wildman–Crippen LogP) is 1.29. The number of furan rings is 1. The lowest BCUT2D eigenvalue weighted by Gasteiger charge is -1.92. The van der Waals surface area contributed by atoms with Crippen molar-refractivity contribution in [1.82, 2.24) is 0 Å². The maximum atomic E-state index is 5.30. The number of aliphatic imine (C=N–C) groups is 1. The summed E-state index contributed by atoms with van der Waals surface area (Å²) in [6.07, 6.45) is 0. The monoisotopic (exact) mass is 295 g/mol. The van der Waals surface area contributed by atoms with Crippen molar-refractivity contribution in [2.75, 3.05) is 0 Å². The van der Waals surface area contributed by atoms with E-state index in [1.165, 1.54) is 0 Å². The van der Waals surface area contributed by atoms with E-state index in [9.17, 15) is 0 Å². The Bertz CT molecular complexity index is 302. The molecule has 0 atom stereocenters. The van der Waals surface area contributed by atoms with E-state index >= 15 is 0 Å². The summed E-state index contributed by atoms with van der Waals surface area (Å²) in [6, 6.07) is 1.93. The third-order valence-corrected chi connectivity index (χ3v) is 1.58. The van der Waals surface area contributed by atoms with Crippen LogP contribution in [0, 0.1) is 13.8 Å². The average Bonchev–Trinajstić information content (AvgIpc) is 2.26. The number of guanidine groups is 1. The third-order valence-electron chi connectivity index (χ3n) is 1.58. The Hall–Kier alpha value is -0.720. The lowest BCUT2D eigenvalue weighted by molar-refractivity contribution is 0.501. The summed E-state index contributed by atoms with van der Waals surface area (Å²) >= 11 is 0. The first-order valence-corrected chi connectivity index (χ1v) is 3.71. The maximum Gasteiger partial charge on any atom is 0.186 e. The van der Waals surface area contributed by atoms with Gasteiger partial charge in [-0.3, -0.25) is 0 Å². The topological polar surface area (TPSA) is 77.5 Å². The molecule has 0 aliphatic carbocycles. The van der Waals surface area contributed by atoms with Crippen molar-refractivity contribution in [3.8, 4) is 0 Å². The minimum atomic E-state index is 0. The van der Waals surface area contributed by atoms with Gasteiger partial charge < -0.3 is 15.9 Å². The molecular formula is C8H14IN3O. The number of nitrogens with two attached hydrogens (primary N) is 2. The van der Waals surface area contributed by atoms with Crippen molar-refractivity contribution in [2.45, 2.75) is 20.4 Å². The number of aryl methyl sites for hydroxylation is 2. The standard InChI is InChI=1S/C8H13N3O.HI/c1-5-3-7(6(2)12-5)4-11-8(9)10;/h3H,4H2,1-2H3,(H4,9,10,11);1H. The zero-order valence-electron chi connectivity index (χ0n) is 7.70. The van der Waals surface area contributed by atoms with Crippen molar-refractivity contribution in [2.24, 2.45) is 16.5 Å². The van der Waals surface area contributed by atoms with Crippen molar-refractivity contribution in [3.05, 3.63) is 23.2 Å². The summed E-state index contributed by atoms with van der Waals surface area (Å²) in [5.74, 6) is 1.86. The van der Waals surface area contributed by atoms with Crippen LogP contribution in [-0.4, -0.2) is 5.96 Å². The molecule has 0 bridgehead atoms. The molecule has 0 fully saturated rings. The first-order chi connectivity index (χ1) is 5.59. The smallest absolute Gasteiger partial charge is 0.186 e. The summed E-state index contributed by atoms with van der Waals surface area (Å²) in [6.45, 7) is 4.28. The SMILES string of the molecule is Cc1cc(CN=C(N)N)c(C)o1.I. The molecule has 0 amide bonds. The Balaban J connectivity index is 0.00000144. The highest BCUT2D eigenvalue weighted by molar-refractivity contribution is 14.0. The van der Waals surface area contributed by atoms with Crippen LogP contribution in [0.15, 0.2) is 15.5 Å². The molecule has 1 rings (SSSR count). The van der Waals surface area contributed by atoms with Crippen LogP contribution in [0.5, 0.6) is 0 Å². The molecule has 1 aromatic rings. The minimum absolute atomic E-state index is 0. The molecule has 5 heteroatoms. The Morgan fingerprint density at radius 2 is 2.08 bits per heavy atom. The molecule has 0 aromatic carbocycles. The fraction of sp³-hybridized carbons (Fsp3) is 0.375. The van der Waals surface area contributed by atoms with Gasteiger partial charge in [-0.15, -0.1) is 24.0 Å². The quantitative estimate of drug-likeness (QED) is 0.490. The normalized spacial score (nSPS) is 9.08. The molecule has 0 unspecified atom stereocenters. The van der Waals surface area contributed by atoms with Gasteiger partial charge in [-0.05, 0) is 19.9 Å². The van der Waals surface area contributed by atoms with E-state index in [0.717, 1.165) is 17.1 Å². The lowest BCUT2D eigenvalue weighted by atomic mass is 10.2. The van der Waals surface area contributed by atoms with Gasteiger partial charge in [0.15, 0.2) is 5.96 Å². The van der Waals surface area contributed by atoms with Crippen LogP contribution >= 0.6 is 24.0 Å². The van der Waals surface area contributed by atoms with Gasteiger partial charge in [0.2, 0.25) is 0 Å². The van der Waals surface area contributed by atoms with Gasteiger partial charge in [0.25, 0.3) is 0 Å². The van der Waals surface area contributed by atoms with Crippen molar-refractivity contribution < 1.29 is 4.42 Å². The van der Waals surface area contributed by atoms with Crippen LogP contribution in [-0.2, 0) is 6.54 Å². The van der Waals surface area contributed by atoms with E-state index < -0.39 is 0 Å². The first-order valence-electron chi connectivity index (χ1n) is 3.71. The van der Waals surface area contributed by atoms with Crippen LogP contribution in [0.2, 0.25) is 0 Å². The van der Waals surface area contributed by atoms with E-state index in [1.54, 1.807) is 0 Å². The van der Waals surface area contributed by atoms with Crippen LogP contribution in [0.3, 0.4) is 0 Å². The summed E-state index contributed by atoms with van der Waals surface area (Å²) < 4.78 is 5.30. The molecule has 0 saturated heterocycles. The van der Waals surface area contributed by atoms with Crippen molar-refractivity contribution >= 4 is 29.9 Å². The van der Waals surface area contributed by atoms with Crippen LogP contribution in [0.1, 0.15) is 17.1 Å². The maximum absolute atomic E-state index is 5.30. The molecule has 1 heterocycles. The van der Waals surface area contributed by atoms with E-state index in [4.69, 9.17) is 15.9 Å². The van der Waals surface area contributed by atoms with Gasteiger partial charge in [-0.2, -0.15) is 0 Å². The number of hydrogen-bond donors (Lipinski definition) is 2.